The molecule has 0 heterocycles. The lowest BCUT2D eigenvalue weighted by Gasteiger charge is -2.34. The Bertz CT molecular complexity index is 1600. The number of carbonyl (C=O) groups excluding carboxylic acids is 2. The number of nitrogens with zero attached hydrogens (tertiary/aromatic N) is 2. The van der Waals surface area contributed by atoms with E-state index in [1.807, 2.05) is 74.5 Å². The van der Waals surface area contributed by atoms with Crippen LogP contribution in [0.4, 0.5) is 10.1 Å². The average Bonchev–Trinajstić information content (AvgIpc) is 3.03. The predicted molar refractivity (Wildman–Crippen MR) is 166 cm³/mol. The molecule has 2 atom stereocenters. The summed E-state index contributed by atoms with van der Waals surface area (Å²) in [6, 6.07) is 30.4. The van der Waals surface area contributed by atoms with E-state index in [2.05, 4.69) is 5.32 Å². The van der Waals surface area contributed by atoms with E-state index in [9.17, 15) is 18.0 Å². The van der Waals surface area contributed by atoms with Gasteiger partial charge in [-0.25, -0.2) is 12.8 Å². The number of rotatable bonds is 13. The van der Waals surface area contributed by atoms with Crippen molar-refractivity contribution in [2.24, 2.45) is 0 Å². The van der Waals surface area contributed by atoms with E-state index in [4.69, 9.17) is 0 Å². The molecule has 4 aromatic rings. The van der Waals surface area contributed by atoms with Crippen LogP contribution in [0.1, 0.15) is 31.4 Å². The summed E-state index contributed by atoms with van der Waals surface area (Å²) in [6.07, 6.45) is 0.889. The highest BCUT2D eigenvalue weighted by Crippen LogP contribution is 2.27. The fourth-order valence-electron chi connectivity index (χ4n) is 4.66. The molecule has 0 fully saturated rings. The number of benzene rings is 4. The van der Waals surface area contributed by atoms with Gasteiger partial charge in [-0.1, -0.05) is 97.9 Å². The summed E-state index contributed by atoms with van der Waals surface area (Å²) in [5.41, 5.74) is 1.33. The van der Waals surface area contributed by atoms with Crippen molar-refractivity contribution in [1.82, 2.24) is 10.2 Å². The molecule has 4 rings (SSSR count). The zero-order valence-corrected chi connectivity index (χ0v) is 25.1. The molecule has 2 unspecified atom stereocenters. The number of para-hydroxylation sites is 1. The molecule has 0 aromatic heterocycles. The molecular weight excluding hydrogens is 565 g/mol. The first-order valence-electron chi connectivity index (χ1n) is 14.2. The van der Waals surface area contributed by atoms with Gasteiger partial charge in [0.25, 0.3) is 10.0 Å². The molecule has 0 aliphatic carbocycles. The lowest BCUT2D eigenvalue weighted by atomic mass is 10.0. The van der Waals surface area contributed by atoms with Crippen LogP contribution >= 0.6 is 0 Å². The van der Waals surface area contributed by atoms with Crippen LogP contribution in [0.3, 0.4) is 0 Å². The van der Waals surface area contributed by atoms with Gasteiger partial charge in [0, 0.05) is 19.0 Å². The number of hydrogen-bond acceptors (Lipinski definition) is 4. The second kappa shape index (κ2) is 14.6. The number of nitrogens with one attached hydrogen (secondary N) is 1. The molecule has 1 N–H and O–H groups in total. The number of sulfonamides is 1. The van der Waals surface area contributed by atoms with Gasteiger partial charge in [-0.2, -0.15) is 0 Å². The molecule has 0 saturated heterocycles. The summed E-state index contributed by atoms with van der Waals surface area (Å²) < 4.78 is 43.7. The largest absolute Gasteiger partial charge is 0.352 e. The molecule has 0 saturated carbocycles. The maximum atomic E-state index is 15.1. The maximum absolute atomic E-state index is 15.1. The first kappa shape index (κ1) is 31.4. The smallest absolute Gasteiger partial charge is 0.264 e. The molecule has 4 aromatic carbocycles. The molecule has 2 amide bonds. The maximum Gasteiger partial charge on any atom is 0.264 e. The number of amides is 2. The Morgan fingerprint density at radius 3 is 1.91 bits per heavy atom. The van der Waals surface area contributed by atoms with Crippen molar-refractivity contribution >= 4 is 27.5 Å². The lowest BCUT2D eigenvalue weighted by molar-refractivity contribution is -0.140. The van der Waals surface area contributed by atoms with Crippen molar-refractivity contribution in [1.29, 1.82) is 0 Å². The Labute approximate surface area is 253 Å². The third-order valence-electron chi connectivity index (χ3n) is 7.20. The monoisotopic (exact) mass is 601 g/mol. The Balaban J connectivity index is 1.79. The van der Waals surface area contributed by atoms with E-state index in [1.165, 1.54) is 35.2 Å². The van der Waals surface area contributed by atoms with E-state index in [1.54, 1.807) is 18.2 Å². The summed E-state index contributed by atoms with van der Waals surface area (Å²) in [4.78, 5) is 29.4. The molecule has 0 aliphatic heterocycles. The third-order valence-corrected chi connectivity index (χ3v) is 8.97. The standard InChI is InChI=1S/C34H36FN3O4S/c1-3-26(2)36-34(40)32(23-27-15-7-4-8-16-27)37(24-28-17-9-5-10-18-28)33(39)25-38(31-22-14-13-21-30(31)35)43(41,42)29-19-11-6-12-20-29/h4-22,26,32H,3,23-25H2,1-2H3,(H,36,40). The summed E-state index contributed by atoms with van der Waals surface area (Å²) in [5.74, 6) is -1.79. The molecule has 7 nitrogen and oxygen atoms in total. The van der Waals surface area contributed by atoms with Crippen molar-refractivity contribution < 1.29 is 22.4 Å². The topological polar surface area (TPSA) is 86.8 Å². The summed E-state index contributed by atoms with van der Waals surface area (Å²) >= 11 is 0. The molecule has 0 spiro atoms. The van der Waals surface area contributed by atoms with Crippen molar-refractivity contribution in [2.75, 3.05) is 10.8 Å². The van der Waals surface area contributed by atoms with Gasteiger partial charge in [0.05, 0.1) is 10.6 Å². The number of carbonyl (C=O) groups is 2. The fraction of sp³-hybridized carbons (Fsp3) is 0.235. The number of hydrogen-bond donors (Lipinski definition) is 1. The van der Waals surface area contributed by atoms with Crippen LogP contribution in [-0.2, 0) is 32.6 Å². The van der Waals surface area contributed by atoms with Crippen LogP contribution in [0, 0.1) is 5.82 Å². The molecule has 224 valence electrons. The summed E-state index contributed by atoms with van der Waals surface area (Å²) in [7, 11) is -4.36. The van der Waals surface area contributed by atoms with Gasteiger partial charge in [0.2, 0.25) is 11.8 Å². The normalized spacial score (nSPS) is 12.6. The van der Waals surface area contributed by atoms with Gasteiger partial charge >= 0.3 is 0 Å². The second-order valence-electron chi connectivity index (χ2n) is 10.3. The highest BCUT2D eigenvalue weighted by molar-refractivity contribution is 7.92. The third kappa shape index (κ3) is 8.08. The highest BCUT2D eigenvalue weighted by Gasteiger charge is 2.35. The second-order valence-corrected chi connectivity index (χ2v) is 12.2. The number of anilines is 1. The van der Waals surface area contributed by atoms with E-state index in [-0.39, 0.29) is 35.5 Å². The molecular formula is C34H36FN3O4S. The number of halogens is 1. The summed E-state index contributed by atoms with van der Waals surface area (Å²) in [5, 5.41) is 3.00. The zero-order valence-electron chi connectivity index (χ0n) is 24.3. The summed E-state index contributed by atoms with van der Waals surface area (Å²) in [6.45, 7) is 3.16. The zero-order chi connectivity index (χ0) is 30.8. The van der Waals surface area contributed by atoms with Gasteiger partial charge in [0.1, 0.15) is 18.4 Å². The van der Waals surface area contributed by atoms with Gasteiger partial charge < -0.3 is 10.2 Å². The molecule has 0 bridgehead atoms. The van der Waals surface area contributed by atoms with E-state index < -0.39 is 34.3 Å². The Morgan fingerprint density at radius 1 is 0.791 bits per heavy atom. The van der Waals surface area contributed by atoms with Crippen molar-refractivity contribution in [3.63, 3.8) is 0 Å². The minimum atomic E-state index is -4.36. The van der Waals surface area contributed by atoms with Crippen molar-refractivity contribution in [3.05, 3.63) is 132 Å². The van der Waals surface area contributed by atoms with Gasteiger partial charge in [-0.3, -0.25) is 13.9 Å². The van der Waals surface area contributed by atoms with E-state index in [0.29, 0.717) is 6.42 Å². The fourth-order valence-corrected chi connectivity index (χ4v) is 6.11. The Hall–Kier alpha value is -4.50. The quantitative estimate of drug-likeness (QED) is 0.217. The molecule has 0 radical (unpaired) electrons. The lowest BCUT2D eigenvalue weighted by Crippen LogP contribution is -2.54. The molecule has 0 aliphatic rings. The van der Waals surface area contributed by atoms with Crippen LogP contribution in [0.15, 0.2) is 120 Å². The molecule has 9 heteroatoms. The predicted octanol–water partition coefficient (Wildman–Crippen LogP) is 5.58. The Morgan fingerprint density at radius 2 is 1.33 bits per heavy atom. The van der Waals surface area contributed by atoms with Crippen LogP contribution in [0.5, 0.6) is 0 Å². The van der Waals surface area contributed by atoms with Crippen LogP contribution in [0.25, 0.3) is 0 Å². The minimum absolute atomic E-state index is 0.0432. The van der Waals surface area contributed by atoms with Crippen LogP contribution in [-0.4, -0.2) is 43.8 Å². The first-order chi connectivity index (χ1) is 20.7. The molecule has 43 heavy (non-hydrogen) atoms. The van der Waals surface area contributed by atoms with Crippen LogP contribution < -0.4 is 9.62 Å². The first-order valence-corrected chi connectivity index (χ1v) is 15.6. The van der Waals surface area contributed by atoms with Gasteiger partial charge in [0.15, 0.2) is 0 Å². The minimum Gasteiger partial charge on any atom is -0.352 e. The van der Waals surface area contributed by atoms with Gasteiger partial charge in [-0.05, 0) is 48.7 Å². The van der Waals surface area contributed by atoms with Gasteiger partial charge in [-0.15, -0.1) is 0 Å². The highest BCUT2D eigenvalue weighted by atomic mass is 32.2. The van der Waals surface area contributed by atoms with E-state index in [0.717, 1.165) is 21.5 Å². The van der Waals surface area contributed by atoms with Crippen molar-refractivity contribution in [3.8, 4) is 0 Å². The van der Waals surface area contributed by atoms with E-state index >= 15 is 4.39 Å². The average molecular weight is 602 g/mol. The SMILES string of the molecule is CCC(C)NC(=O)C(Cc1ccccc1)N(Cc1ccccc1)C(=O)CN(c1ccccc1F)S(=O)(=O)c1ccccc1. The van der Waals surface area contributed by atoms with Crippen molar-refractivity contribution in [2.45, 2.75) is 50.2 Å². The van der Waals surface area contributed by atoms with Crippen LogP contribution in [0.2, 0.25) is 0 Å². The Kier molecular flexibility index (Phi) is 10.7.